The van der Waals surface area contributed by atoms with Gasteiger partial charge in [0.1, 0.15) is 17.4 Å². The SMILES string of the molecule is Clc1ccc(-c2csc(COc3cccc(CNC4CC4)c3)n2)cc1. The first-order valence-corrected chi connectivity index (χ1v) is 9.67. The molecule has 0 aliphatic heterocycles. The van der Waals surface area contributed by atoms with Crippen LogP contribution in [-0.4, -0.2) is 11.0 Å². The monoisotopic (exact) mass is 370 g/mol. The second-order valence-corrected chi connectivity index (χ2v) is 7.60. The molecule has 1 heterocycles. The molecule has 25 heavy (non-hydrogen) atoms. The van der Waals surface area contributed by atoms with Crippen molar-refractivity contribution in [1.29, 1.82) is 0 Å². The molecule has 0 radical (unpaired) electrons. The lowest BCUT2D eigenvalue weighted by atomic mass is 10.2. The van der Waals surface area contributed by atoms with E-state index in [-0.39, 0.29) is 0 Å². The van der Waals surface area contributed by atoms with Gasteiger partial charge in [-0.25, -0.2) is 4.98 Å². The van der Waals surface area contributed by atoms with E-state index in [0.29, 0.717) is 12.6 Å². The lowest BCUT2D eigenvalue weighted by molar-refractivity contribution is 0.305. The smallest absolute Gasteiger partial charge is 0.140 e. The van der Waals surface area contributed by atoms with Gasteiger partial charge in [0.05, 0.1) is 5.69 Å². The van der Waals surface area contributed by atoms with Crippen LogP contribution in [-0.2, 0) is 13.2 Å². The number of nitrogens with zero attached hydrogens (tertiary/aromatic N) is 1. The minimum Gasteiger partial charge on any atom is -0.486 e. The Bertz CT molecular complexity index is 843. The number of rotatable bonds is 7. The van der Waals surface area contributed by atoms with Crippen LogP contribution in [0.1, 0.15) is 23.4 Å². The summed E-state index contributed by atoms with van der Waals surface area (Å²) < 4.78 is 5.92. The van der Waals surface area contributed by atoms with Crippen molar-refractivity contribution < 1.29 is 4.74 Å². The fourth-order valence-corrected chi connectivity index (χ4v) is 3.41. The van der Waals surface area contributed by atoms with Crippen LogP contribution < -0.4 is 10.1 Å². The average Bonchev–Trinajstić information content (AvgIpc) is 3.35. The Hall–Kier alpha value is -1.88. The zero-order valence-corrected chi connectivity index (χ0v) is 15.3. The summed E-state index contributed by atoms with van der Waals surface area (Å²) in [4.78, 5) is 4.65. The highest BCUT2D eigenvalue weighted by Crippen LogP contribution is 2.25. The third-order valence-corrected chi connectivity index (χ3v) is 5.20. The number of benzene rings is 2. The van der Waals surface area contributed by atoms with Crippen molar-refractivity contribution in [2.45, 2.75) is 32.0 Å². The fraction of sp³-hybridized carbons (Fsp3) is 0.250. The normalized spacial score (nSPS) is 13.8. The molecule has 3 nitrogen and oxygen atoms in total. The second kappa shape index (κ2) is 7.56. The first-order valence-electron chi connectivity index (χ1n) is 8.42. The highest BCUT2D eigenvalue weighted by Gasteiger charge is 2.19. The summed E-state index contributed by atoms with van der Waals surface area (Å²) in [6.07, 6.45) is 2.60. The number of ether oxygens (including phenoxy) is 1. The molecular formula is C20H19ClN2OS. The number of halogens is 1. The molecule has 0 saturated heterocycles. The second-order valence-electron chi connectivity index (χ2n) is 6.22. The van der Waals surface area contributed by atoms with Crippen LogP contribution in [0.3, 0.4) is 0 Å². The van der Waals surface area contributed by atoms with Gasteiger partial charge < -0.3 is 10.1 Å². The van der Waals surface area contributed by atoms with Crippen LogP contribution >= 0.6 is 22.9 Å². The molecule has 0 atom stereocenters. The number of aromatic nitrogens is 1. The van der Waals surface area contributed by atoms with E-state index in [9.17, 15) is 0 Å². The number of hydrogen-bond acceptors (Lipinski definition) is 4. The zero-order chi connectivity index (χ0) is 17.1. The summed E-state index contributed by atoms with van der Waals surface area (Å²) in [7, 11) is 0. The molecule has 5 heteroatoms. The molecule has 4 rings (SSSR count). The Kier molecular flexibility index (Phi) is 5.02. The Labute approximate surface area is 156 Å². The van der Waals surface area contributed by atoms with Gasteiger partial charge in [0, 0.05) is 28.6 Å². The molecule has 1 aliphatic carbocycles. The van der Waals surface area contributed by atoms with E-state index in [1.165, 1.54) is 18.4 Å². The molecule has 1 saturated carbocycles. The van der Waals surface area contributed by atoms with E-state index in [4.69, 9.17) is 16.3 Å². The third-order valence-electron chi connectivity index (χ3n) is 4.12. The number of hydrogen-bond donors (Lipinski definition) is 1. The largest absolute Gasteiger partial charge is 0.486 e. The van der Waals surface area contributed by atoms with Crippen molar-refractivity contribution in [3.05, 3.63) is 69.5 Å². The summed E-state index contributed by atoms with van der Waals surface area (Å²) >= 11 is 7.55. The standard InChI is InChI=1S/C20H19ClN2OS/c21-16-6-4-15(5-7-16)19-13-25-20(23-19)12-24-18-3-1-2-14(10-18)11-22-17-8-9-17/h1-7,10,13,17,22H,8-9,11-12H2. The lowest BCUT2D eigenvalue weighted by Crippen LogP contribution is -2.15. The molecule has 1 N–H and O–H groups in total. The quantitative estimate of drug-likeness (QED) is 0.613. The van der Waals surface area contributed by atoms with E-state index < -0.39 is 0 Å². The summed E-state index contributed by atoms with van der Waals surface area (Å²) in [5.41, 5.74) is 3.29. The summed E-state index contributed by atoms with van der Waals surface area (Å²) in [5.74, 6) is 0.887. The molecule has 128 valence electrons. The fourth-order valence-electron chi connectivity index (χ4n) is 2.57. The van der Waals surface area contributed by atoms with Gasteiger partial charge >= 0.3 is 0 Å². The van der Waals surface area contributed by atoms with Crippen LogP contribution in [0.4, 0.5) is 0 Å². The molecule has 0 spiro atoms. The maximum absolute atomic E-state index is 5.94. The minimum absolute atomic E-state index is 0.484. The molecule has 1 aromatic heterocycles. The van der Waals surface area contributed by atoms with E-state index in [2.05, 4.69) is 27.8 Å². The highest BCUT2D eigenvalue weighted by molar-refractivity contribution is 7.09. The first-order chi connectivity index (χ1) is 12.3. The number of nitrogens with one attached hydrogen (secondary N) is 1. The van der Waals surface area contributed by atoms with Crippen molar-refractivity contribution in [2.75, 3.05) is 0 Å². The lowest BCUT2D eigenvalue weighted by Gasteiger charge is -2.07. The molecule has 2 aromatic carbocycles. The summed E-state index contributed by atoms with van der Waals surface area (Å²) in [6, 6.07) is 16.7. The van der Waals surface area contributed by atoms with Crippen molar-refractivity contribution >= 4 is 22.9 Å². The maximum Gasteiger partial charge on any atom is 0.140 e. The van der Waals surface area contributed by atoms with E-state index in [1.807, 2.05) is 36.4 Å². The maximum atomic E-state index is 5.94. The Morgan fingerprint density at radius 1 is 1.16 bits per heavy atom. The predicted octanol–water partition coefficient (Wildman–Crippen LogP) is 5.29. The van der Waals surface area contributed by atoms with Crippen LogP contribution in [0.15, 0.2) is 53.9 Å². The minimum atomic E-state index is 0.484. The molecule has 0 unspecified atom stereocenters. The van der Waals surface area contributed by atoms with Gasteiger partial charge in [-0.1, -0.05) is 35.9 Å². The van der Waals surface area contributed by atoms with Crippen molar-refractivity contribution in [2.24, 2.45) is 0 Å². The molecule has 1 fully saturated rings. The Balaban J connectivity index is 1.36. The van der Waals surface area contributed by atoms with Gasteiger partial charge in [0.25, 0.3) is 0 Å². The highest BCUT2D eigenvalue weighted by atomic mass is 35.5. The van der Waals surface area contributed by atoms with Crippen LogP contribution in [0, 0.1) is 0 Å². The summed E-state index contributed by atoms with van der Waals surface area (Å²) in [6.45, 7) is 1.39. The van der Waals surface area contributed by atoms with E-state index >= 15 is 0 Å². The van der Waals surface area contributed by atoms with E-state index in [1.54, 1.807) is 11.3 Å². The Morgan fingerprint density at radius 3 is 2.80 bits per heavy atom. The first kappa shape index (κ1) is 16.6. The van der Waals surface area contributed by atoms with E-state index in [0.717, 1.165) is 33.6 Å². The van der Waals surface area contributed by atoms with Gasteiger partial charge in [-0.15, -0.1) is 11.3 Å². The Morgan fingerprint density at radius 2 is 2.00 bits per heavy atom. The topological polar surface area (TPSA) is 34.1 Å². The molecular weight excluding hydrogens is 352 g/mol. The molecule has 1 aliphatic rings. The molecule has 0 amide bonds. The third kappa shape index (κ3) is 4.60. The number of thiazole rings is 1. The van der Waals surface area contributed by atoms with Gasteiger partial charge in [-0.05, 0) is 42.7 Å². The van der Waals surface area contributed by atoms with Crippen LogP contribution in [0.5, 0.6) is 5.75 Å². The van der Waals surface area contributed by atoms with Gasteiger partial charge in [0.15, 0.2) is 0 Å². The van der Waals surface area contributed by atoms with Gasteiger partial charge in [0.2, 0.25) is 0 Å². The van der Waals surface area contributed by atoms with Gasteiger partial charge in [-0.2, -0.15) is 0 Å². The van der Waals surface area contributed by atoms with Crippen LogP contribution in [0.2, 0.25) is 5.02 Å². The predicted molar refractivity (Wildman–Crippen MR) is 103 cm³/mol. The van der Waals surface area contributed by atoms with Gasteiger partial charge in [-0.3, -0.25) is 0 Å². The average molecular weight is 371 g/mol. The zero-order valence-electron chi connectivity index (χ0n) is 13.7. The summed E-state index contributed by atoms with van der Waals surface area (Å²) in [5, 5.41) is 7.28. The molecule has 0 bridgehead atoms. The van der Waals surface area contributed by atoms with Crippen LogP contribution in [0.25, 0.3) is 11.3 Å². The van der Waals surface area contributed by atoms with Crippen molar-refractivity contribution in [3.8, 4) is 17.0 Å². The molecule has 3 aromatic rings. The van der Waals surface area contributed by atoms with Crippen molar-refractivity contribution in [3.63, 3.8) is 0 Å². The van der Waals surface area contributed by atoms with Crippen molar-refractivity contribution in [1.82, 2.24) is 10.3 Å².